The summed E-state index contributed by atoms with van der Waals surface area (Å²) >= 11 is 0. The molecule has 56 valence electrons. The van der Waals surface area contributed by atoms with Crippen LogP contribution in [-0.2, 0) is 4.79 Å². The topological polar surface area (TPSA) is 69.6 Å². The maximum absolute atomic E-state index is 10.2. The van der Waals surface area contributed by atoms with Gasteiger partial charge < -0.3 is 0 Å². The second kappa shape index (κ2) is 3.05. The molecule has 1 amide bonds. The minimum atomic E-state index is -2.82. The molecule has 0 aliphatic rings. The first kappa shape index (κ1) is 8.74. The van der Waals surface area contributed by atoms with Gasteiger partial charge in [0, 0.05) is 6.92 Å². The van der Waals surface area contributed by atoms with Crippen LogP contribution in [0.3, 0.4) is 0 Å². The van der Waals surface area contributed by atoms with Gasteiger partial charge in [-0.1, -0.05) is 0 Å². The summed E-state index contributed by atoms with van der Waals surface area (Å²) < 4.78 is 19.6. The van der Waals surface area contributed by atoms with E-state index in [2.05, 4.69) is 0 Å². The summed E-state index contributed by atoms with van der Waals surface area (Å²) in [5.74, 6) is -0.260. The van der Waals surface area contributed by atoms with Gasteiger partial charge in [0.2, 0.25) is 5.91 Å². The molecular weight excluding hydrogens is 142 g/mol. The normalized spacial score (nSPS) is 12.9. The fraction of sp³-hybridized carbons (Fsp3) is 0.750. The molecule has 5 heteroatoms. The summed E-state index contributed by atoms with van der Waals surface area (Å²) in [4.78, 5) is 10.2. The van der Waals surface area contributed by atoms with E-state index < -0.39 is 16.7 Å². The van der Waals surface area contributed by atoms with Crippen molar-refractivity contribution >= 4 is 16.7 Å². The van der Waals surface area contributed by atoms with Gasteiger partial charge in [-0.2, -0.15) is 0 Å². The molecule has 0 aromatic heterocycles. The van der Waals surface area contributed by atoms with Crippen LogP contribution < -0.4 is 4.72 Å². The van der Waals surface area contributed by atoms with Crippen molar-refractivity contribution in [2.75, 3.05) is 5.75 Å². The third-order valence-corrected chi connectivity index (χ3v) is 2.13. The van der Waals surface area contributed by atoms with Crippen LogP contribution in [0.15, 0.2) is 0 Å². The highest BCUT2D eigenvalue weighted by Gasteiger charge is 2.08. The largest absolute Gasteiger partial charge is 0.282 e. The highest BCUT2D eigenvalue weighted by molar-refractivity contribution is 8.23. The van der Waals surface area contributed by atoms with Gasteiger partial charge in [-0.25, -0.2) is 0 Å². The summed E-state index contributed by atoms with van der Waals surface area (Å²) in [6, 6.07) is 0. The quantitative estimate of drug-likeness (QED) is 0.549. The number of nitrogens with one attached hydrogen (secondary N) is 1. The van der Waals surface area contributed by atoms with E-state index >= 15 is 0 Å². The summed E-state index contributed by atoms with van der Waals surface area (Å²) in [5, 5.41) is 0. The molecule has 0 aromatic carbocycles. The van der Waals surface area contributed by atoms with Gasteiger partial charge in [-0.3, -0.25) is 18.6 Å². The lowest BCUT2D eigenvalue weighted by Gasteiger charge is -2.30. The van der Waals surface area contributed by atoms with Gasteiger partial charge in [0.15, 0.2) is 0 Å². The van der Waals surface area contributed by atoms with Crippen LogP contribution in [0.5, 0.6) is 0 Å². The van der Waals surface area contributed by atoms with Crippen molar-refractivity contribution in [3.63, 3.8) is 0 Å². The van der Waals surface area contributed by atoms with Crippen molar-refractivity contribution in [3.05, 3.63) is 0 Å². The van der Waals surface area contributed by atoms with E-state index in [0.717, 1.165) is 0 Å². The van der Waals surface area contributed by atoms with Crippen molar-refractivity contribution in [1.29, 1.82) is 0 Å². The van der Waals surface area contributed by atoms with Gasteiger partial charge in [0.1, 0.15) is 0 Å². The van der Waals surface area contributed by atoms with Crippen LogP contribution in [0.2, 0.25) is 0 Å². The molecule has 4 nitrogen and oxygen atoms in total. The molecule has 0 spiro atoms. The average molecular weight is 153 g/mol. The van der Waals surface area contributed by atoms with Crippen molar-refractivity contribution in [1.82, 2.24) is 4.72 Å². The molecule has 0 aromatic rings. The number of hydrogen-bond acceptors (Lipinski definition) is 3. The van der Waals surface area contributed by atoms with E-state index in [1.54, 1.807) is 6.92 Å². The molecule has 9 heavy (non-hydrogen) atoms. The molecule has 0 unspecified atom stereocenters. The van der Waals surface area contributed by atoms with Gasteiger partial charge in [0.05, 0.1) is 5.75 Å². The van der Waals surface area contributed by atoms with Gasteiger partial charge in [-0.05, 0) is 6.92 Å². The number of amides is 1. The highest BCUT2D eigenvalue weighted by atomic mass is 32.3. The Morgan fingerprint density at radius 2 is 2.11 bits per heavy atom. The van der Waals surface area contributed by atoms with Crippen molar-refractivity contribution < 1.29 is 13.9 Å². The maximum Gasteiger partial charge on any atom is 0.234 e. The van der Waals surface area contributed by atoms with Crippen LogP contribution in [0.1, 0.15) is 13.8 Å². The molecule has 0 atom stereocenters. The van der Waals surface area contributed by atoms with E-state index in [9.17, 15) is 4.79 Å². The Kier molecular flexibility index (Phi) is 2.96. The predicted octanol–water partition coefficient (Wildman–Crippen LogP) is 0.808. The Hall–Kier alpha value is -0.260. The molecule has 0 radical (unpaired) electrons. The molecule has 0 fully saturated rings. The number of carbonyl (C=O) groups is 1. The molecule has 0 saturated heterocycles. The SMILES string of the molecule is CCS(O)(O)NC(C)=O. The molecule has 3 N–H and O–H groups in total. The smallest absolute Gasteiger partial charge is 0.234 e. The van der Waals surface area contributed by atoms with Gasteiger partial charge in [0.25, 0.3) is 0 Å². The van der Waals surface area contributed by atoms with Crippen LogP contribution in [0.25, 0.3) is 0 Å². The zero-order chi connectivity index (χ0) is 7.49. The van der Waals surface area contributed by atoms with Crippen LogP contribution in [0, 0.1) is 0 Å². The van der Waals surface area contributed by atoms with Crippen molar-refractivity contribution in [2.45, 2.75) is 13.8 Å². The van der Waals surface area contributed by atoms with Gasteiger partial charge >= 0.3 is 0 Å². The lowest BCUT2D eigenvalue weighted by molar-refractivity contribution is -0.117. The van der Waals surface area contributed by atoms with Crippen LogP contribution in [-0.4, -0.2) is 20.8 Å². The Labute approximate surface area is 55.7 Å². The predicted molar refractivity (Wildman–Crippen MR) is 37.2 cm³/mol. The van der Waals surface area contributed by atoms with E-state index in [1.165, 1.54) is 6.92 Å². The van der Waals surface area contributed by atoms with Crippen molar-refractivity contribution in [2.24, 2.45) is 0 Å². The second-order valence-electron chi connectivity index (χ2n) is 1.61. The lowest BCUT2D eigenvalue weighted by atomic mass is 10.8. The van der Waals surface area contributed by atoms with E-state index in [0.29, 0.717) is 0 Å². The summed E-state index contributed by atoms with van der Waals surface area (Å²) in [6.07, 6.45) is 0. The molecule has 0 bridgehead atoms. The fourth-order valence-corrected chi connectivity index (χ4v) is 0.907. The second-order valence-corrected chi connectivity index (χ2v) is 3.73. The Morgan fingerprint density at radius 1 is 1.67 bits per heavy atom. The highest BCUT2D eigenvalue weighted by Crippen LogP contribution is 2.31. The molecule has 0 aliphatic carbocycles. The zero-order valence-electron chi connectivity index (χ0n) is 5.42. The van der Waals surface area contributed by atoms with Crippen molar-refractivity contribution in [3.8, 4) is 0 Å². The third-order valence-electron chi connectivity index (χ3n) is 0.710. The first-order chi connectivity index (χ1) is 3.98. The lowest BCUT2D eigenvalue weighted by Crippen LogP contribution is -2.25. The summed E-state index contributed by atoms with van der Waals surface area (Å²) in [7, 11) is -2.82. The molecule has 0 aliphatic heterocycles. The minimum Gasteiger partial charge on any atom is -0.282 e. The summed E-state index contributed by atoms with van der Waals surface area (Å²) in [5.41, 5.74) is 0. The van der Waals surface area contributed by atoms with Crippen LogP contribution >= 0.6 is 10.8 Å². The maximum atomic E-state index is 10.2. The monoisotopic (exact) mass is 153 g/mol. The first-order valence-corrected chi connectivity index (χ1v) is 4.24. The fourth-order valence-electron chi connectivity index (χ4n) is 0.302. The molecule has 0 heterocycles. The number of hydrogen-bond donors (Lipinski definition) is 3. The third kappa shape index (κ3) is 4.26. The molecule has 0 rings (SSSR count). The molecule has 0 saturated carbocycles. The Balaban J connectivity index is 3.71. The van der Waals surface area contributed by atoms with E-state index in [-0.39, 0.29) is 5.75 Å². The number of carbonyl (C=O) groups excluding carboxylic acids is 1. The van der Waals surface area contributed by atoms with E-state index in [4.69, 9.17) is 9.11 Å². The Bertz CT molecular complexity index is 114. The summed E-state index contributed by atoms with van der Waals surface area (Å²) in [6.45, 7) is 2.83. The standard InChI is InChI=1S/C4H11NO3S/c1-3-9(7,8)5-4(2)6/h7-8H,3H2,1-2H3,(H,5,6). The Morgan fingerprint density at radius 3 is 2.22 bits per heavy atom. The molecular formula is C4H11NO3S. The van der Waals surface area contributed by atoms with Gasteiger partial charge in [-0.15, -0.1) is 10.8 Å². The zero-order valence-corrected chi connectivity index (χ0v) is 6.23. The van der Waals surface area contributed by atoms with E-state index in [1.807, 2.05) is 4.72 Å². The van der Waals surface area contributed by atoms with Crippen LogP contribution in [0.4, 0.5) is 0 Å². The average Bonchev–Trinajstić information content (AvgIpc) is 1.63. The number of rotatable bonds is 2. The first-order valence-electron chi connectivity index (χ1n) is 2.52. The minimum absolute atomic E-state index is 0.159.